The number of ether oxygens (including phenoxy) is 1. The fraction of sp³-hybridized carbons (Fsp3) is 0.650. The molecule has 5 nitrogen and oxygen atoms in total. The van der Waals surface area contributed by atoms with Crippen molar-refractivity contribution in [3.8, 4) is 0 Å². The predicted molar refractivity (Wildman–Crippen MR) is 99.2 cm³/mol. The molecule has 0 radical (unpaired) electrons. The van der Waals surface area contributed by atoms with Crippen molar-refractivity contribution in [2.75, 3.05) is 26.8 Å². The third kappa shape index (κ3) is 5.27. The van der Waals surface area contributed by atoms with E-state index < -0.39 is 0 Å². The largest absolute Gasteiger partial charge is 0.378 e. The predicted octanol–water partition coefficient (Wildman–Crippen LogP) is 2.06. The molecule has 1 atom stereocenters. The molecule has 138 valence electrons. The zero-order valence-electron chi connectivity index (χ0n) is 15.3. The van der Waals surface area contributed by atoms with Crippen LogP contribution >= 0.6 is 0 Å². The standard InChI is InChI=1S/C20H31N3O2/c1-23(18-9-3-2-4-10-18)14-17-8-6-5-7-16(17)13-22-20(24)19-15-25-12-11-21-19/h5-8,18-19,21H,2-4,9-15H2,1H3,(H,22,24). The highest BCUT2D eigenvalue weighted by molar-refractivity contribution is 5.82. The van der Waals surface area contributed by atoms with E-state index in [0.717, 1.165) is 13.1 Å². The molecule has 1 amide bonds. The zero-order valence-corrected chi connectivity index (χ0v) is 15.3. The third-order valence-corrected chi connectivity index (χ3v) is 5.43. The summed E-state index contributed by atoms with van der Waals surface area (Å²) in [5.74, 6) is 0.0233. The van der Waals surface area contributed by atoms with Crippen LogP contribution in [-0.4, -0.2) is 49.7 Å². The number of hydrogen-bond acceptors (Lipinski definition) is 4. The molecule has 1 unspecified atom stereocenters. The first-order valence-electron chi connectivity index (χ1n) is 9.60. The van der Waals surface area contributed by atoms with Crippen LogP contribution in [-0.2, 0) is 22.6 Å². The molecule has 2 fully saturated rings. The zero-order chi connectivity index (χ0) is 17.5. The van der Waals surface area contributed by atoms with E-state index in [-0.39, 0.29) is 11.9 Å². The molecule has 1 aromatic carbocycles. The van der Waals surface area contributed by atoms with Gasteiger partial charge in [0, 0.05) is 25.7 Å². The number of nitrogens with one attached hydrogen (secondary N) is 2. The first kappa shape index (κ1) is 18.4. The van der Waals surface area contributed by atoms with Crippen LogP contribution in [0.4, 0.5) is 0 Å². The van der Waals surface area contributed by atoms with Crippen molar-refractivity contribution in [3.63, 3.8) is 0 Å². The second-order valence-corrected chi connectivity index (χ2v) is 7.28. The van der Waals surface area contributed by atoms with Gasteiger partial charge in [-0.15, -0.1) is 0 Å². The maximum absolute atomic E-state index is 12.3. The van der Waals surface area contributed by atoms with Crippen molar-refractivity contribution in [1.82, 2.24) is 15.5 Å². The van der Waals surface area contributed by atoms with Gasteiger partial charge in [-0.2, -0.15) is 0 Å². The van der Waals surface area contributed by atoms with E-state index in [1.54, 1.807) is 0 Å². The molecule has 0 bridgehead atoms. The molecular formula is C20H31N3O2. The minimum absolute atomic E-state index is 0.0233. The number of hydrogen-bond donors (Lipinski definition) is 2. The smallest absolute Gasteiger partial charge is 0.239 e. The van der Waals surface area contributed by atoms with Gasteiger partial charge < -0.3 is 15.4 Å². The molecule has 1 aliphatic heterocycles. The molecular weight excluding hydrogens is 314 g/mol. The van der Waals surface area contributed by atoms with Crippen molar-refractivity contribution in [2.45, 2.75) is 57.3 Å². The van der Waals surface area contributed by atoms with Gasteiger partial charge >= 0.3 is 0 Å². The maximum atomic E-state index is 12.3. The summed E-state index contributed by atoms with van der Waals surface area (Å²) in [4.78, 5) is 14.8. The number of benzene rings is 1. The Morgan fingerprint density at radius 2 is 2.00 bits per heavy atom. The quantitative estimate of drug-likeness (QED) is 0.829. The lowest BCUT2D eigenvalue weighted by molar-refractivity contribution is -0.126. The van der Waals surface area contributed by atoms with E-state index in [0.29, 0.717) is 25.8 Å². The van der Waals surface area contributed by atoms with E-state index in [4.69, 9.17) is 4.74 Å². The fourth-order valence-electron chi connectivity index (χ4n) is 3.84. The lowest BCUT2D eigenvalue weighted by atomic mass is 9.94. The van der Waals surface area contributed by atoms with Crippen LogP contribution in [0.2, 0.25) is 0 Å². The third-order valence-electron chi connectivity index (χ3n) is 5.43. The van der Waals surface area contributed by atoms with Crippen molar-refractivity contribution in [3.05, 3.63) is 35.4 Å². The van der Waals surface area contributed by atoms with Crippen LogP contribution in [0, 0.1) is 0 Å². The summed E-state index contributed by atoms with van der Waals surface area (Å²) in [6.45, 7) is 3.39. The number of rotatable bonds is 6. The SMILES string of the molecule is CN(Cc1ccccc1CNC(=O)C1COCCN1)C1CCCCC1. The lowest BCUT2D eigenvalue weighted by Gasteiger charge is -2.31. The Bertz CT molecular complexity index is 552. The van der Waals surface area contributed by atoms with E-state index in [9.17, 15) is 4.79 Å². The van der Waals surface area contributed by atoms with Gasteiger partial charge in [0.1, 0.15) is 6.04 Å². The Balaban J connectivity index is 1.55. The van der Waals surface area contributed by atoms with Gasteiger partial charge in [0.25, 0.3) is 0 Å². The van der Waals surface area contributed by atoms with Crippen molar-refractivity contribution in [2.24, 2.45) is 0 Å². The van der Waals surface area contributed by atoms with Gasteiger partial charge in [0.2, 0.25) is 5.91 Å². The average molecular weight is 345 g/mol. The van der Waals surface area contributed by atoms with Crippen LogP contribution in [0.15, 0.2) is 24.3 Å². The molecule has 1 saturated carbocycles. The Morgan fingerprint density at radius 3 is 2.72 bits per heavy atom. The highest BCUT2D eigenvalue weighted by Crippen LogP contribution is 2.23. The monoisotopic (exact) mass is 345 g/mol. The maximum Gasteiger partial charge on any atom is 0.239 e. The van der Waals surface area contributed by atoms with E-state index in [2.05, 4.69) is 40.8 Å². The van der Waals surface area contributed by atoms with Crippen LogP contribution < -0.4 is 10.6 Å². The molecule has 1 aromatic rings. The van der Waals surface area contributed by atoms with Crippen LogP contribution in [0.3, 0.4) is 0 Å². The summed E-state index contributed by atoms with van der Waals surface area (Å²) in [6.07, 6.45) is 6.70. The van der Waals surface area contributed by atoms with E-state index >= 15 is 0 Å². The van der Waals surface area contributed by atoms with Crippen molar-refractivity contribution in [1.29, 1.82) is 0 Å². The molecule has 3 rings (SSSR count). The minimum atomic E-state index is -0.231. The first-order chi connectivity index (χ1) is 12.2. The molecule has 5 heteroatoms. The Kier molecular flexibility index (Phi) is 6.84. The van der Waals surface area contributed by atoms with Gasteiger partial charge in [0.15, 0.2) is 0 Å². The summed E-state index contributed by atoms with van der Waals surface area (Å²) in [5, 5.41) is 6.26. The number of carbonyl (C=O) groups excluding carboxylic acids is 1. The first-order valence-corrected chi connectivity index (χ1v) is 9.60. The van der Waals surface area contributed by atoms with Gasteiger partial charge in [0.05, 0.1) is 13.2 Å². The Labute approximate surface area is 151 Å². The summed E-state index contributed by atoms with van der Waals surface area (Å²) >= 11 is 0. The van der Waals surface area contributed by atoms with Crippen LogP contribution in [0.5, 0.6) is 0 Å². The van der Waals surface area contributed by atoms with Gasteiger partial charge in [-0.3, -0.25) is 9.69 Å². The average Bonchev–Trinajstić information content (AvgIpc) is 2.68. The molecule has 2 N–H and O–H groups in total. The van der Waals surface area contributed by atoms with Gasteiger partial charge in [-0.1, -0.05) is 43.5 Å². The summed E-state index contributed by atoms with van der Waals surface area (Å²) < 4.78 is 5.37. The number of amides is 1. The Hall–Kier alpha value is -1.43. The minimum Gasteiger partial charge on any atom is -0.378 e. The highest BCUT2D eigenvalue weighted by Gasteiger charge is 2.21. The van der Waals surface area contributed by atoms with Gasteiger partial charge in [-0.25, -0.2) is 0 Å². The molecule has 1 saturated heterocycles. The van der Waals surface area contributed by atoms with E-state index in [1.165, 1.54) is 43.2 Å². The fourth-order valence-corrected chi connectivity index (χ4v) is 3.84. The number of nitrogens with zero attached hydrogens (tertiary/aromatic N) is 1. The number of morpholine rings is 1. The van der Waals surface area contributed by atoms with Crippen molar-refractivity contribution < 1.29 is 9.53 Å². The molecule has 2 aliphatic rings. The second-order valence-electron chi connectivity index (χ2n) is 7.28. The topological polar surface area (TPSA) is 53.6 Å². The molecule has 1 heterocycles. The second kappa shape index (κ2) is 9.32. The molecule has 0 aromatic heterocycles. The lowest BCUT2D eigenvalue weighted by Crippen LogP contribution is -2.51. The molecule has 1 aliphatic carbocycles. The summed E-state index contributed by atoms with van der Waals surface area (Å²) in [6, 6.07) is 8.91. The molecule has 0 spiro atoms. The number of carbonyl (C=O) groups is 1. The molecule has 25 heavy (non-hydrogen) atoms. The van der Waals surface area contributed by atoms with E-state index in [1.807, 2.05) is 6.07 Å². The van der Waals surface area contributed by atoms with Crippen LogP contribution in [0.1, 0.15) is 43.2 Å². The normalized spacial score (nSPS) is 22.1. The summed E-state index contributed by atoms with van der Waals surface area (Å²) in [7, 11) is 2.23. The highest BCUT2D eigenvalue weighted by atomic mass is 16.5. The van der Waals surface area contributed by atoms with Crippen molar-refractivity contribution >= 4 is 5.91 Å². The van der Waals surface area contributed by atoms with Crippen LogP contribution in [0.25, 0.3) is 0 Å². The van der Waals surface area contributed by atoms with Gasteiger partial charge in [-0.05, 0) is 31.0 Å². The Morgan fingerprint density at radius 1 is 1.24 bits per heavy atom. The summed E-state index contributed by atoms with van der Waals surface area (Å²) in [5.41, 5.74) is 2.51.